The Morgan fingerprint density at radius 1 is 1.10 bits per heavy atom. The van der Waals surface area contributed by atoms with Gasteiger partial charge in [0.2, 0.25) is 0 Å². The molecule has 0 atom stereocenters. The molecule has 0 N–H and O–H groups in total. The van der Waals surface area contributed by atoms with Gasteiger partial charge in [-0.1, -0.05) is 46.3 Å². The molecule has 0 aliphatic rings. The quantitative estimate of drug-likeness (QED) is 0.162. The van der Waals surface area contributed by atoms with Gasteiger partial charge in [-0.3, -0.25) is 10.1 Å². The zero-order valence-electron chi connectivity index (χ0n) is 16.7. The third-order valence-corrected chi connectivity index (χ3v) is 4.90. The summed E-state index contributed by atoms with van der Waals surface area (Å²) in [6.07, 6.45) is 1.67. The molecular formula is C24H19BrN2O4. The normalized spacial score (nSPS) is 10.9. The second-order valence-electron chi connectivity index (χ2n) is 6.53. The van der Waals surface area contributed by atoms with Crippen molar-refractivity contribution in [2.24, 2.45) is 0 Å². The van der Waals surface area contributed by atoms with Crippen LogP contribution in [0.25, 0.3) is 11.6 Å². The summed E-state index contributed by atoms with van der Waals surface area (Å²) in [6.45, 7) is 2.72. The van der Waals surface area contributed by atoms with E-state index in [1.165, 1.54) is 12.1 Å². The van der Waals surface area contributed by atoms with Crippen molar-refractivity contribution in [3.63, 3.8) is 0 Å². The third-order valence-electron chi connectivity index (χ3n) is 4.37. The molecular weight excluding hydrogens is 460 g/mol. The Kier molecular flexibility index (Phi) is 7.41. The van der Waals surface area contributed by atoms with E-state index in [0.717, 1.165) is 15.6 Å². The predicted molar refractivity (Wildman–Crippen MR) is 123 cm³/mol. The van der Waals surface area contributed by atoms with Gasteiger partial charge >= 0.3 is 0 Å². The molecule has 0 fully saturated rings. The Morgan fingerprint density at radius 2 is 1.87 bits per heavy atom. The van der Waals surface area contributed by atoms with Gasteiger partial charge < -0.3 is 9.47 Å². The first-order chi connectivity index (χ1) is 15.0. The van der Waals surface area contributed by atoms with Crippen LogP contribution in [0.15, 0.2) is 71.2 Å². The van der Waals surface area contributed by atoms with Crippen LogP contribution in [0.5, 0.6) is 11.5 Å². The van der Waals surface area contributed by atoms with Crippen LogP contribution >= 0.6 is 15.9 Å². The summed E-state index contributed by atoms with van der Waals surface area (Å²) in [7, 11) is 0. The Labute approximate surface area is 188 Å². The number of nitrogens with zero attached hydrogens (tertiary/aromatic N) is 2. The standard InChI is InChI=1S/C24H19BrN2O4/c1-2-30-24-13-18(8-11-23(24)31-16-17-6-9-21(25)10-7-17)12-20(15-26)19-4-3-5-22(14-19)27(28)29/h3-14H,2,16H2,1H3/b20-12-. The molecule has 0 aliphatic carbocycles. The highest BCUT2D eigenvalue weighted by molar-refractivity contribution is 9.10. The van der Waals surface area contributed by atoms with Gasteiger partial charge in [0.05, 0.1) is 23.2 Å². The fraction of sp³-hybridized carbons (Fsp3) is 0.125. The maximum Gasteiger partial charge on any atom is 0.270 e. The number of nitriles is 1. The molecule has 31 heavy (non-hydrogen) atoms. The zero-order chi connectivity index (χ0) is 22.2. The van der Waals surface area contributed by atoms with Crippen LogP contribution in [0.1, 0.15) is 23.6 Å². The van der Waals surface area contributed by atoms with Crippen molar-refractivity contribution < 1.29 is 14.4 Å². The second kappa shape index (κ2) is 10.4. The van der Waals surface area contributed by atoms with Gasteiger partial charge in [-0.25, -0.2) is 0 Å². The number of allylic oxidation sites excluding steroid dienone is 1. The second-order valence-corrected chi connectivity index (χ2v) is 7.45. The van der Waals surface area contributed by atoms with Crippen LogP contribution in [0.2, 0.25) is 0 Å². The van der Waals surface area contributed by atoms with E-state index in [2.05, 4.69) is 22.0 Å². The molecule has 7 heteroatoms. The maximum absolute atomic E-state index is 11.0. The summed E-state index contributed by atoms with van der Waals surface area (Å²) in [5.41, 5.74) is 2.47. The highest BCUT2D eigenvalue weighted by atomic mass is 79.9. The van der Waals surface area contributed by atoms with Gasteiger partial charge in [0.15, 0.2) is 11.5 Å². The molecule has 0 saturated carbocycles. The van der Waals surface area contributed by atoms with Crippen molar-refractivity contribution in [3.8, 4) is 17.6 Å². The van der Waals surface area contributed by atoms with Crippen molar-refractivity contribution in [2.75, 3.05) is 6.61 Å². The van der Waals surface area contributed by atoms with E-state index in [1.807, 2.05) is 37.3 Å². The lowest BCUT2D eigenvalue weighted by Gasteiger charge is -2.13. The van der Waals surface area contributed by atoms with Gasteiger partial charge in [0.25, 0.3) is 5.69 Å². The van der Waals surface area contributed by atoms with Crippen molar-refractivity contribution in [1.82, 2.24) is 0 Å². The number of non-ortho nitro benzene ring substituents is 1. The first-order valence-electron chi connectivity index (χ1n) is 9.51. The van der Waals surface area contributed by atoms with Crippen LogP contribution in [0.4, 0.5) is 5.69 Å². The minimum atomic E-state index is -0.483. The number of nitro benzene ring substituents is 1. The molecule has 3 aromatic carbocycles. The van der Waals surface area contributed by atoms with Crippen molar-refractivity contribution in [2.45, 2.75) is 13.5 Å². The first-order valence-corrected chi connectivity index (χ1v) is 10.3. The number of halogens is 1. The average molecular weight is 479 g/mol. The van der Waals surface area contributed by atoms with E-state index in [9.17, 15) is 15.4 Å². The van der Waals surface area contributed by atoms with Gasteiger partial charge in [-0.05, 0) is 54.0 Å². The van der Waals surface area contributed by atoms with E-state index < -0.39 is 4.92 Å². The zero-order valence-corrected chi connectivity index (χ0v) is 18.3. The van der Waals surface area contributed by atoms with Crippen molar-refractivity contribution in [3.05, 3.63) is 98.0 Å². The average Bonchev–Trinajstić information content (AvgIpc) is 2.78. The van der Waals surface area contributed by atoms with Crippen molar-refractivity contribution in [1.29, 1.82) is 5.26 Å². The van der Waals surface area contributed by atoms with Crippen molar-refractivity contribution >= 4 is 33.3 Å². The summed E-state index contributed by atoms with van der Waals surface area (Å²) in [6, 6.07) is 21.4. The minimum Gasteiger partial charge on any atom is -0.490 e. The Hall–Kier alpha value is -3.63. The molecule has 0 heterocycles. The molecule has 0 bridgehead atoms. The lowest BCUT2D eigenvalue weighted by Crippen LogP contribution is -2.00. The summed E-state index contributed by atoms with van der Waals surface area (Å²) in [5, 5.41) is 20.6. The predicted octanol–water partition coefficient (Wildman–Crippen LogP) is 6.40. The molecule has 0 unspecified atom stereocenters. The topological polar surface area (TPSA) is 85.4 Å². The molecule has 3 rings (SSSR count). The van der Waals surface area contributed by atoms with Crippen LogP contribution < -0.4 is 9.47 Å². The first kappa shape index (κ1) is 22.1. The third kappa shape index (κ3) is 5.93. The van der Waals surface area contributed by atoms with Gasteiger partial charge in [-0.2, -0.15) is 5.26 Å². The number of rotatable bonds is 8. The molecule has 0 amide bonds. The number of hydrogen-bond donors (Lipinski definition) is 0. The van der Waals surface area contributed by atoms with E-state index in [-0.39, 0.29) is 5.69 Å². The summed E-state index contributed by atoms with van der Waals surface area (Å²) in [4.78, 5) is 10.5. The molecule has 0 aliphatic heterocycles. The number of hydrogen-bond acceptors (Lipinski definition) is 5. The fourth-order valence-electron chi connectivity index (χ4n) is 2.88. The van der Waals surface area contributed by atoms with E-state index in [4.69, 9.17) is 9.47 Å². The Balaban J connectivity index is 1.86. The van der Waals surface area contributed by atoms with E-state index in [0.29, 0.717) is 35.8 Å². The summed E-state index contributed by atoms with van der Waals surface area (Å²) in [5.74, 6) is 1.15. The number of nitro groups is 1. The summed E-state index contributed by atoms with van der Waals surface area (Å²) >= 11 is 3.41. The van der Waals surface area contributed by atoms with E-state index in [1.54, 1.807) is 30.3 Å². The van der Waals surface area contributed by atoms with Gasteiger partial charge in [0, 0.05) is 16.6 Å². The van der Waals surface area contributed by atoms with Crippen LogP contribution in [0, 0.1) is 21.4 Å². The van der Waals surface area contributed by atoms with Crippen LogP contribution in [-0.4, -0.2) is 11.5 Å². The largest absolute Gasteiger partial charge is 0.490 e. The summed E-state index contributed by atoms with van der Waals surface area (Å²) < 4.78 is 12.6. The molecule has 0 spiro atoms. The molecule has 0 aromatic heterocycles. The fourth-order valence-corrected chi connectivity index (χ4v) is 3.14. The van der Waals surface area contributed by atoms with Gasteiger partial charge in [-0.15, -0.1) is 0 Å². The van der Waals surface area contributed by atoms with E-state index >= 15 is 0 Å². The lowest BCUT2D eigenvalue weighted by molar-refractivity contribution is -0.384. The molecule has 0 radical (unpaired) electrons. The Morgan fingerprint density at radius 3 is 2.55 bits per heavy atom. The number of benzene rings is 3. The minimum absolute atomic E-state index is 0.0645. The lowest BCUT2D eigenvalue weighted by atomic mass is 10.0. The van der Waals surface area contributed by atoms with Crippen LogP contribution in [-0.2, 0) is 6.61 Å². The Bertz CT molecular complexity index is 1150. The highest BCUT2D eigenvalue weighted by Crippen LogP contribution is 2.31. The molecule has 3 aromatic rings. The molecule has 6 nitrogen and oxygen atoms in total. The maximum atomic E-state index is 11.0. The molecule has 0 saturated heterocycles. The SMILES string of the molecule is CCOc1cc(/C=C(/C#N)c2cccc([N+](=O)[O-])c2)ccc1OCc1ccc(Br)cc1. The highest BCUT2D eigenvalue weighted by Gasteiger charge is 2.11. The van der Waals surface area contributed by atoms with Crippen LogP contribution in [0.3, 0.4) is 0 Å². The van der Waals surface area contributed by atoms with Gasteiger partial charge in [0.1, 0.15) is 6.61 Å². The monoisotopic (exact) mass is 478 g/mol. The number of ether oxygens (including phenoxy) is 2. The molecule has 156 valence electrons. The smallest absolute Gasteiger partial charge is 0.270 e.